The summed E-state index contributed by atoms with van der Waals surface area (Å²) >= 11 is 0. The number of hydrogen-bond acceptors (Lipinski definition) is 3. The maximum atomic E-state index is 8.37. The molecule has 0 unspecified atom stereocenters. The summed E-state index contributed by atoms with van der Waals surface area (Å²) in [7, 11) is 0. The molecule has 0 spiro atoms. The van der Waals surface area contributed by atoms with Crippen LogP contribution in [0.4, 0.5) is 0 Å². The van der Waals surface area contributed by atoms with Gasteiger partial charge in [-0.2, -0.15) is 5.26 Å². The molecule has 0 radical (unpaired) electrons. The third-order valence-electron chi connectivity index (χ3n) is 1.25. The van der Waals surface area contributed by atoms with E-state index in [0.29, 0.717) is 13.2 Å². The minimum absolute atomic E-state index is 0.0683. The highest BCUT2D eigenvalue weighted by Gasteiger charge is 2.17. The second-order valence-corrected chi connectivity index (χ2v) is 2.06. The van der Waals surface area contributed by atoms with Crippen LogP contribution in [0.5, 0.6) is 0 Å². The van der Waals surface area contributed by atoms with Gasteiger partial charge in [-0.1, -0.05) is 0 Å². The summed E-state index contributed by atoms with van der Waals surface area (Å²) in [5, 5.41) is 8.37. The van der Waals surface area contributed by atoms with Crippen LogP contribution >= 0.6 is 0 Å². The van der Waals surface area contributed by atoms with Crippen molar-refractivity contribution in [2.24, 2.45) is 5.92 Å². The van der Waals surface area contributed by atoms with Gasteiger partial charge in [-0.05, 0) is 6.92 Å². The van der Waals surface area contributed by atoms with Crippen molar-refractivity contribution in [2.45, 2.75) is 13.2 Å². The van der Waals surface area contributed by atoms with Gasteiger partial charge in [0.05, 0.1) is 25.2 Å². The summed E-state index contributed by atoms with van der Waals surface area (Å²) in [5.74, 6) is -0.0683. The van der Waals surface area contributed by atoms with Crippen LogP contribution in [0.1, 0.15) is 6.92 Å². The zero-order valence-electron chi connectivity index (χ0n) is 5.33. The Balaban J connectivity index is 2.28. The first-order valence-electron chi connectivity index (χ1n) is 2.95. The first-order valence-corrected chi connectivity index (χ1v) is 2.95. The predicted octanol–water partition coefficient (Wildman–Crippen LogP) is 0.519. The van der Waals surface area contributed by atoms with Crippen molar-refractivity contribution in [1.29, 1.82) is 5.26 Å². The van der Waals surface area contributed by atoms with Gasteiger partial charge >= 0.3 is 0 Å². The lowest BCUT2D eigenvalue weighted by Crippen LogP contribution is -2.28. The average Bonchev–Trinajstić information content (AvgIpc) is 1.90. The molecule has 1 saturated heterocycles. The van der Waals surface area contributed by atoms with Crippen LogP contribution in [0, 0.1) is 17.2 Å². The lowest BCUT2D eigenvalue weighted by Gasteiger charge is -2.22. The van der Waals surface area contributed by atoms with Crippen LogP contribution in [0.15, 0.2) is 0 Å². The van der Waals surface area contributed by atoms with Crippen molar-refractivity contribution in [3.63, 3.8) is 0 Å². The van der Waals surface area contributed by atoms with E-state index < -0.39 is 0 Å². The highest BCUT2D eigenvalue weighted by molar-refractivity contribution is 4.83. The minimum atomic E-state index is -0.130. The highest BCUT2D eigenvalue weighted by atomic mass is 16.7. The Bertz CT molecular complexity index is 122. The molecule has 0 saturated carbocycles. The molecule has 1 aliphatic rings. The first-order chi connectivity index (χ1) is 4.33. The minimum Gasteiger partial charge on any atom is -0.352 e. The lowest BCUT2D eigenvalue weighted by atomic mass is 10.2. The van der Waals surface area contributed by atoms with Gasteiger partial charge in [-0.15, -0.1) is 0 Å². The Kier molecular flexibility index (Phi) is 2.04. The molecule has 3 nitrogen and oxygen atoms in total. The SMILES string of the molecule is CC1OCC(C#N)CO1. The van der Waals surface area contributed by atoms with Crippen LogP contribution in [-0.2, 0) is 9.47 Å². The Labute approximate surface area is 54.2 Å². The van der Waals surface area contributed by atoms with Crippen molar-refractivity contribution in [3.05, 3.63) is 0 Å². The molecule has 0 aromatic heterocycles. The highest BCUT2D eigenvalue weighted by Crippen LogP contribution is 2.08. The number of nitriles is 1. The Morgan fingerprint density at radius 2 is 2.00 bits per heavy atom. The number of nitrogens with zero attached hydrogens (tertiary/aromatic N) is 1. The quantitative estimate of drug-likeness (QED) is 0.476. The van der Waals surface area contributed by atoms with Gasteiger partial charge in [0.1, 0.15) is 0 Å². The summed E-state index contributed by atoms with van der Waals surface area (Å²) in [4.78, 5) is 0. The van der Waals surface area contributed by atoms with E-state index in [2.05, 4.69) is 6.07 Å². The van der Waals surface area contributed by atoms with Crippen LogP contribution < -0.4 is 0 Å². The molecule has 3 heteroatoms. The van der Waals surface area contributed by atoms with E-state index in [9.17, 15) is 0 Å². The summed E-state index contributed by atoms with van der Waals surface area (Å²) in [6, 6.07) is 2.07. The van der Waals surface area contributed by atoms with Crippen molar-refractivity contribution in [3.8, 4) is 6.07 Å². The molecule has 50 valence electrons. The fourth-order valence-electron chi connectivity index (χ4n) is 0.674. The molecule has 0 aliphatic carbocycles. The van der Waals surface area contributed by atoms with Crippen molar-refractivity contribution < 1.29 is 9.47 Å². The van der Waals surface area contributed by atoms with Crippen LogP contribution in [0.2, 0.25) is 0 Å². The van der Waals surface area contributed by atoms with Crippen molar-refractivity contribution in [1.82, 2.24) is 0 Å². The fourth-order valence-corrected chi connectivity index (χ4v) is 0.674. The van der Waals surface area contributed by atoms with Gasteiger partial charge in [-0.25, -0.2) is 0 Å². The molecule has 0 atom stereocenters. The summed E-state index contributed by atoms with van der Waals surface area (Å²) < 4.78 is 10.1. The predicted molar refractivity (Wildman–Crippen MR) is 30.5 cm³/mol. The van der Waals surface area contributed by atoms with E-state index in [0.717, 1.165) is 0 Å². The van der Waals surface area contributed by atoms with Gasteiger partial charge in [0, 0.05) is 0 Å². The average molecular weight is 127 g/mol. The molecule has 1 heterocycles. The molecule has 1 rings (SSSR count). The molecule has 0 amide bonds. The maximum absolute atomic E-state index is 8.37. The standard InChI is InChI=1S/C6H9NO2/c1-5-8-3-6(2-7)4-9-5/h5-6H,3-4H2,1H3. The second kappa shape index (κ2) is 2.81. The van der Waals surface area contributed by atoms with Crippen LogP contribution in [-0.4, -0.2) is 19.5 Å². The Morgan fingerprint density at radius 1 is 1.44 bits per heavy atom. The van der Waals surface area contributed by atoms with Gasteiger partial charge < -0.3 is 9.47 Å². The van der Waals surface area contributed by atoms with E-state index in [1.807, 2.05) is 6.92 Å². The number of hydrogen-bond donors (Lipinski definition) is 0. The summed E-state index contributed by atoms with van der Waals surface area (Å²) in [6.45, 7) is 2.85. The molecule has 1 aliphatic heterocycles. The van der Waals surface area contributed by atoms with Crippen LogP contribution in [0.3, 0.4) is 0 Å². The zero-order valence-corrected chi connectivity index (χ0v) is 5.33. The second-order valence-electron chi connectivity index (χ2n) is 2.06. The topological polar surface area (TPSA) is 42.2 Å². The van der Waals surface area contributed by atoms with E-state index in [1.54, 1.807) is 0 Å². The number of rotatable bonds is 0. The van der Waals surface area contributed by atoms with E-state index >= 15 is 0 Å². The molecule has 0 aromatic carbocycles. The smallest absolute Gasteiger partial charge is 0.154 e. The first kappa shape index (κ1) is 6.53. The fraction of sp³-hybridized carbons (Fsp3) is 0.833. The van der Waals surface area contributed by atoms with E-state index in [-0.39, 0.29) is 12.2 Å². The van der Waals surface area contributed by atoms with Gasteiger partial charge in [0.2, 0.25) is 0 Å². The largest absolute Gasteiger partial charge is 0.352 e. The van der Waals surface area contributed by atoms with Crippen molar-refractivity contribution in [2.75, 3.05) is 13.2 Å². The van der Waals surface area contributed by atoms with Crippen molar-refractivity contribution >= 4 is 0 Å². The Hall–Kier alpha value is -0.590. The third-order valence-corrected chi connectivity index (χ3v) is 1.25. The van der Waals surface area contributed by atoms with Crippen LogP contribution in [0.25, 0.3) is 0 Å². The molecule has 1 fully saturated rings. The molecule has 0 bridgehead atoms. The van der Waals surface area contributed by atoms with Gasteiger partial charge in [0.25, 0.3) is 0 Å². The normalized spacial score (nSPS) is 35.6. The summed E-state index contributed by atoms with van der Waals surface area (Å²) in [6.07, 6.45) is -0.130. The van der Waals surface area contributed by atoms with Gasteiger partial charge in [0.15, 0.2) is 6.29 Å². The molecule has 0 N–H and O–H groups in total. The Morgan fingerprint density at radius 3 is 2.44 bits per heavy atom. The monoisotopic (exact) mass is 127 g/mol. The summed E-state index contributed by atoms with van der Waals surface area (Å²) in [5.41, 5.74) is 0. The molecule has 9 heavy (non-hydrogen) atoms. The molecular weight excluding hydrogens is 118 g/mol. The molecular formula is C6H9NO2. The lowest BCUT2D eigenvalue weighted by molar-refractivity contribution is -0.180. The van der Waals surface area contributed by atoms with Gasteiger partial charge in [-0.3, -0.25) is 0 Å². The van der Waals surface area contributed by atoms with E-state index in [4.69, 9.17) is 14.7 Å². The number of ether oxygens (including phenoxy) is 2. The maximum Gasteiger partial charge on any atom is 0.154 e. The molecule has 0 aromatic rings. The zero-order chi connectivity index (χ0) is 6.69. The van der Waals surface area contributed by atoms with E-state index in [1.165, 1.54) is 0 Å². The third kappa shape index (κ3) is 1.67.